The third-order valence-corrected chi connectivity index (χ3v) is 3.65. The largest absolute Gasteiger partial charge is 0.399 e. The Bertz CT molecular complexity index is 664. The maximum atomic E-state index is 13.2. The Kier molecular flexibility index (Phi) is 2.97. The molecular weight excluding hydrogens is 261 g/mol. The van der Waals surface area contributed by atoms with Crippen molar-refractivity contribution >= 4 is 17.0 Å². The van der Waals surface area contributed by atoms with Crippen molar-refractivity contribution < 1.29 is 4.39 Å². The van der Waals surface area contributed by atoms with E-state index in [-0.39, 0.29) is 5.82 Å². The highest BCUT2D eigenvalue weighted by Crippen LogP contribution is 2.30. The van der Waals surface area contributed by atoms with Crippen LogP contribution in [-0.4, -0.2) is 10.2 Å². The molecule has 0 aliphatic heterocycles. The molecule has 2 N–H and O–H groups in total. The van der Waals surface area contributed by atoms with Gasteiger partial charge in [-0.2, -0.15) is 0 Å². The van der Waals surface area contributed by atoms with E-state index < -0.39 is 0 Å². The van der Waals surface area contributed by atoms with E-state index in [4.69, 9.17) is 5.73 Å². The predicted octanol–water partition coefficient (Wildman–Crippen LogP) is 3.59. The average Bonchev–Trinajstić information content (AvgIpc) is 2.88. The van der Waals surface area contributed by atoms with Gasteiger partial charge < -0.3 is 5.73 Å². The van der Waals surface area contributed by atoms with Crippen LogP contribution in [0.3, 0.4) is 0 Å². The Hall–Kier alpha value is -2.27. The molecule has 0 bridgehead atoms. The number of anilines is 1. The third-order valence-electron chi connectivity index (χ3n) is 2.63. The van der Waals surface area contributed by atoms with Crippen molar-refractivity contribution in [3.05, 3.63) is 54.3 Å². The van der Waals surface area contributed by atoms with Gasteiger partial charge in [-0.1, -0.05) is 35.6 Å². The number of rotatable bonds is 2. The molecule has 0 saturated heterocycles. The first-order chi connectivity index (χ1) is 9.22. The topological polar surface area (TPSA) is 51.8 Å². The van der Waals surface area contributed by atoms with Crippen molar-refractivity contribution in [1.82, 2.24) is 10.2 Å². The Morgan fingerprint density at radius 3 is 2.16 bits per heavy atom. The average molecular weight is 271 g/mol. The lowest BCUT2D eigenvalue weighted by atomic mass is 10.2. The highest BCUT2D eigenvalue weighted by molar-refractivity contribution is 7.17. The number of hydrogen-bond donors (Lipinski definition) is 1. The molecule has 3 nitrogen and oxygen atoms in total. The van der Waals surface area contributed by atoms with Crippen LogP contribution >= 0.6 is 11.3 Å². The molecule has 1 heterocycles. The Labute approximate surface area is 113 Å². The lowest BCUT2D eigenvalue weighted by molar-refractivity contribution is 0.628. The quantitative estimate of drug-likeness (QED) is 0.725. The number of aromatic nitrogens is 2. The summed E-state index contributed by atoms with van der Waals surface area (Å²) in [6.45, 7) is 0. The van der Waals surface area contributed by atoms with Crippen molar-refractivity contribution in [3.63, 3.8) is 0 Å². The SMILES string of the molecule is Nc1cccc(-c2nnc(-c3cccc(F)c3)s2)c1. The van der Waals surface area contributed by atoms with Crippen molar-refractivity contribution in [2.45, 2.75) is 0 Å². The zero-order chi connectivity index (χ0) is 13.2. The van der Waals surface area contributed by atoms with Gasteiger partial charge in [0.1, 0.15) is 15.8 Å². The van der Waals surface area contributed by atoms with E-state index in [0.717, 1.165) is 16.1 Å². The summed E-state index contributed by atoms with van der Waals surface area (Å²) in [6.07, 6.45) is 0. The van der Waals surface area contributed by atoms with Crippen molar-refractivity contribution in [1.29, 1.82) is 0 Å². The first-order valence-corrected chi connectivity index (χ1v) is 6.49. The molecule has 0 saturated carbocycles. The van der Waals surface area contributed by atoms with Gasteiger partial charge in [-0.25, -0.2) is 4.39 Å². The van der Waals surface area contributed by atoms with E-state index in [9.17, 15) is 4.39 Å². The maximum Gasteiger partial charge on any atom is 0.148 e. The van der Waals surface area contributed by atoms with Crippen LogP contribution in [0.1, 0.15) is 0 Å². The minimum absolute atomic E-state index is 0.279. The Balaban J connectivity index is 2.00. The summed E-state index contributed by atoms with van der Waals surface area (Å²) < 4.78 is 13.2. The zero-order valence-electron chi connectivity index (χ0n) is 9.88. The standard InChI is InChI=1S/C14H10FN3S/c15-11-5-1-3-9(7-11)13-17-18-14(19-13)10-4-2-6-12(16)8-10/h1-8H,16H2. The maximum absolute atomic E-state index is 13.2. The van der Waals surface area contributed by atoms with Gasteiger partial charge in [-0.3, -0.25) is 0 Å². The lowest BCUT2D eigenvalue weighted by Gasteiger charge is -1.96. The second-order valence-electron chi connectivity index (χ2n) is 4.05. The minimum Gasteiger partial charge on any atom is -0.399 e. The first kappa shape index (κ1) is 11.8. The highest BCUT2D eigenvalue weighted by atomic mass is 32.1. The number of benzene rings is 2. The molecule has 0 atom stereocenters. The fraction of sp³-hybridized carbons (Fsp3) is 0. The molecule has 19 heavy (non-hydrogen) atoms. The fourth-order valence-corrected chi connectivity index (χ4v) is 2.59. The first-order valence-electron chi connectivity index (χ1n) is 5.68. The second kappa shape index (κ2) is 4.78. The predicted molar refractivity (Wildman–Crippen MR) is 75.2 cm³/mol. The normalized spacial score (nSPS) is 10.6. The molecule has 0 fully saturated rings. The minimum atomic E-state index is -0.279. The van der Waals surface area contributed by atoms with Crippen LogP contribution < -0.4 is 5.73 Å². The van der Waals surface area contributed by atoms with E-state index in [2.05, 4.69) is 10.2 Å². The van der Waals surface area contributed by atoms with Gasteiger partial charge >= 0.3 is 0 Å². The summed E-state index contributed by atoms with van der Waals surface area (Å²) in [4.78, 5) is 0. The van der Waals surface area contributed by atoms with Crippen molar-refractivity contribution in [2.24, 2.45) is 0 Å². The second-order valence-corrected chi connectivity index (χ2v) is 5.03. The summed E-state index contributed by atoms with van der Waals surface area (Å²) in [6, 6.07) is 13.8. The van der Waals surface area contributed by atoms with Crippen molar-refractivity contribution in [3.8, 4) is 21.1 Å². The molecule has 1 aromatic heterocycles. The van der Waals surface area contributed by atoms with Crippen LogP contribution in [0, 0.1) is 5.82 Å². The molecule has 0 unspecified atom stereocenters. The molecule has 0 radical (unpaired) electrons. The van der Waals surface area contributed by atoms with Crippen LogP contribution in [-0.2, 0) is 0 Å². The molecule has 94 valence electrons. The van der Waals surface area contributed by atoms with Crippen LogP contribution in [0.5, 0.6) is 0 Å². The Morgan fingerprint density at radius 1 is 0.895 bits per heavy atom. The number of hydrogen-bond acceptors (Lipinski definition) is 4. The molecule has 5 heteroatoms. The summed E-state index contributed by atoms with van der Waals surface area (Å²) in [5, 5.41) is 9.68. The molecule has 0 amide bonds. The Morgan fingerprint density at radius 2 is 1.53 bits per heavy atom. The molecule has 0 aliphatic carbocycles. The van der Waals surface area contributed by atoms with Gasteiger partial charge in [0.2, 0.25) is 0 Å². The molecule has 0 spiro atoms. The fourth-order valence-electron chi connectivity index (χ4n) is 1.75. The number of nitrogens with zero attached hydrogens (tertiary/aromatic N) is 2. The summed E-state index contributed by atoms with van der Waals surface area (Å²) in [7, 11) is 0. The monoisotopic (exact) mass is 271 g/mol. The van der Waals surface area contributed by atoms with Crippen LogP contribution in [0.4, 0.5) is 10.1 Å². The zero-order valence-corrected chi connectivity index (χ0v) is 10.7. The highest BCUT2D eigenvalue weighted by Gasteiger charge is 2.09. The van der Waals surface area contributed by atoms with Crippen LogP contribution in [0.25, 0.3) is 21.1 Å². The lowest BCUT2D eigenvalue weighted by Crippen LogP contribution is -1.84. The third kappa shape index (κ3) is 2.46. The molecule has 0 aliphatic rings. The van der Waals surface area contributed by atoms with E-state index in [0.29, 0.717) is 10.7 Å². The van der Waals surface area contributed by atoms with E-state index >= 15 is 0 Å². The van der Waals surface area contributed by atoms with E-state index in [1.807, 2.05) is 30.3 Å². The molecule has 3 aromatic rings. The number of halogens is 1. The van der Waals surface area contributed by atoms with Gasteiger partial charge in [-0.05, 0) is 24.3 Å². The summed E-state index contributed by atoms with van der Waals surface area (Å²) in [5.74, 6) is -0.279. The van der Waals surface area contributed by atoms with Crippen LogP contribution in [0.2, 0.25) is 0 Å². The van der Waals surface area contributed by atoms with Gasteiger partial charge in [-0.15, -0.1) is 10.2 Å². The summed E-state index contributed by atoms with van der Waals surface area (Å²) in [5.41, 5.74) is 8.07. The number of nitrogen functional groups attached to an aromatic ring is 1. The van der Waals surface area contributed by atoms with Crippen LogP contribution in [0.15, 0.2) is 48.5 Å². The van der Waals surface area contributed by atoms with Gasteiger partial charge in [0.05, 0.1) is 0 Å². The van der Waals surface area contributed by atoms with Gasteiger partial charge in [0.15, 0.2) is 0 Å². The van der Waals surface area contributed by atoms with E-state index in [1.165, 1.54) is 23.5 Å². The van der Waals surface area contributed by atoms with E-state index in [1.54, 1.807) is 6.07 Å². The van der Waals surface area contributed by atoms with Gasteiger partial charge in [0, 0.05) is 16.8 Å². The molecular formula is C14H10FN3S. The van der Waals surface area contributed by atoms with Gasteiger partial charge in [0.25, 0.3) is 0 Å². The smallest absolute Gasteiger partial charge is 0.148 e. The number of nitrogens with two attached hydrogens (primary N) is 1. The molecule has 2 aromatic carbocycles. The van der Waals surface area contributed by atoms with Crippen molar-refractivity contribution in [2.75, 3.05) is 5.73 Å². The summed E-state index contributed by atoms with van der Waals surface area (Å²) >= 11 is 1.41. The molecule has 3 rings (SSSR count).